The van der Waals surface area contributed by atoms with E-state index < -0.39 is 11.7 Å². The molecule has 0 spiro atoms. The van der Waals surface area contributed by atoms with E-state index >= 15 is 0 Å². The molecule has 0 radical (unpaired) electrons. The van der Waals surface area contributed by atoms with Crippen LogP contribution in [0.15, 0.2) is 88.1 Å². The summed E-state index contributed by atoms with van der Waals surface area (Å²) in [6.07, 6.45) is 0.676. The highest BCUT2D eigenvalue weighted by atomic mass is 16.5. The number of rotatable bonds is 3. The van der Waals surface area contributed by atoms with Gasteiger partial charge < -0.3 is 19.0 Å². The van der Waals surface area contributed by atoms with Gasteiger partial charge in [-0.3, -0.25) is 4.79 Å². The van der Waals surface area contributed by atoms with Gasteiger partial charge in [0.05, 0.1) is 7.11 Å². The Kier molecular flexibility index (Phi) is 4.73. The van der Waals surface area contributed by atoms with Crippen LogP contribution in [-0.2, 0) is 6.42 Å². The minimum absolute atomic E-state index is 0.0261. The largest absolute Gasteiger partial charge is 0.496 e. The minimum atomic E-state index is -0.634. The summed E-state index contributed by atoms with van der Waals surface area (Å²) < 4.78 is 11.1. The second kappa shape index (κ2) is 7.92. The number of aromatic nitrogens is 1. The average molecular weight is 450 g/mol. The summed E-state index contributed by atoms with van der Waals surface area (Å²) in [4.78, 5) is 32.0. The quantitative estimate of drug-likeness (QED) is 0.390. The SMILES string of the molecule is COc1ccccc1[C@H]1c2[nH]c3ccccc3c2CCN1C(=O)c1cc2ccccc2oc1=O. The van der Waals surface area contributed by atoms with Crippen molar-refractivity contribution < 1.29 is 13.9 Å². The van der Waals surface area contributed by atoms with Crippen molar-refractivity contribution in [2.45, 2.75) is 12.5 Å². The van der Waals surface area contributed by atoms with E-state index in [4.69, 9.17) is 9.15 Å². The highest BCUT2D eigenvalue weighted by Gasteiger charge is 2.37. The normalized spacial score (nSPS) is 15.4. The molecular formula is C28H22N2O4. The van der Waals surface area contributed by atoms with Gasteiger partial charge in [0.2, 0.25) is 0 Å². The molecule has 168 valence electrons. The summed E-state index contributed by atoms with van der Waals surface area (Å²) in [6.45, 7) is 0.461. The predicted octanol–water partition coefficient (Wildman–Crippen LogP) is 5.07. The van der Waals surface area contributed by atoms with Crippen molar-refractivity contribution >= 4 is 27.8 Å². The van der Waals surface area contributed by atoms with Gasteiger partial charge >= 0.3 is 5.63 Å². The zero-order valence-corrected chi connectivity index (χ0v) is 18.6. The van der Waals surface area contributed by atoms with E-state index in [0.29, 0.717) is 29.7 Å². The van der Waals surface area contributed by atoms with Gasteiger partial charge in [-0.1, -0.05) is 54.6 Å². The number of fused-ring (bicyclic) bond motifs is 4. The van der Waals surface area contributed by atoms with Crippen LogP contribution in [0.1, 0.15) is 33.2 Å². The molecule has 3 heterocycles. The number of carbonyl (C=O) groups is 1. The number of amides is 1. The van der Waals surface area contributed by atoms with E-state index in [2.05, 4.69) is 11.1 Å². The maximum atomic E-state index is 13.9. The standard InChI is InChI=1S/C28H22N2O4/c1-33-24-13-7-4-10-20(24)26-25-19(18-9-3-5-11-22(18)29-25)14-15-30(26)27(31)21-16-17-8-2-6-12-23(17)34-28(21)32/h2-13,16,26,29H,14-15H2,1H3/t26-/m0/s1. The Morgan fingerprint density at radius 3 is 2.68 bits per heavy atom. The van der Waals surface area contributed by atoms with Crippen molar-refractivity contribution in [1.82, 2.24) is 9.88 Å². The molecule has 1 aliphatic heterocycles. The number of benzene rings is 3. The van der Waals surface area contributed by atoms with Crippen molar-refractivity contribution in [1.29, 1.82) is 0 Å². The predicted molar refractivity (Wildman–Crippen MR) is 130 cm³/mol. The Morgan fingerprint density at radius 2 is 1.79 bits per heavy atom. The molecule has 34 heavy (non-hydrogen) atoms. The maximum absolute atomic E-state index is 13.9. The topological polar surface area (TPSA) is 75.5 Å². The zero-order valence-electron chi connectivity index (χ0n) is 18.6. The number of para-hydroxylation sites is 3. The highest BCUT2D eigenvalue weighted by molar-refractivity contribution is 5.97. The number of aromatic amines is 1. The average Bonchev–Trinajstić information content (AvgIpc) is 3.26. The van der Waals surface area contributed by atoms with Crippen molar-refractivity contribution in [3.05, 3.63) is 112 Å². The molecular weight excluding hydrogens is 428 g/mol. The molecule has 3 aromatic carbocycles. The Bertz CT molecular complexity index is 1610. The minimum Gasteiger partial charge on any atom is -0.496 e. The summed E-state index contributed by atoms with van der Waals surface area (Å²) in [6, 6.07) is 24.2. The van der Waals surface area contributed by atoms with E-state index in [1.165, 1.54) is 5.56 Å². The molecule has 2 aromatic heterocycles. The Balaban J connectivity index is 1.54. The molecule has 0 fully saturated rings. The van der Waals surface area contributed by atoms with Crippen molar-refractivity contribution in [3.63, 3.8) is 0 Å². The third kappa shape index (κ3) is 3.10. The number of nitrogens with zero attached hydrogens (tertiary/aromatic N) is 1. The van der Waals surface area contributed by atoms with E-state index in [1.807, 2.05) is 54.6 Å². The molecule has 6 heteroatoms. The first kappa shape index (κ1) is 20.3. The molecule has 0 unspecified atom stereocenters. The van der Waals surface area contributed by atoms with E-state index in [1.54, 1.807) is 30.2 Å². The van der Waals surface area contributed by atoms with E-state index in [-0.39, 0.29) is 11.5 Å². The number of ether oxygens (including phenoxy) is 1. The zero-order chi connectivity index (χ0) is 23.2. The lowest BCUT2D eigenvalue weighted by atomic mass is 9.91. The lowest BCUT2D eigenvalue weighted by Gasteiger charge is -2.36. The van der Waals surface area contributed by atoms with Gasteiger partial charge in [0.15, 0.2) is 0 Å². The fourth-order valence-corrected chi connectivity index (χ4v) is 5.04. The van der Waals surface area contributed by atoms with Gasteiger partial charge in [-0.15, -0.1) is 0 Å². The number of H-pyrrole nitrogens is 1. The lowest BCUT2D eigenvalue weighted by molar-refractivity contribution is 0.0686. The highest BCUT2D eigenvalue weighted by Crippen LogP contribution is 2.41. The monoisotopic (exact) mass is 450 g/mol. The molecule has 5 aromatic rings. The Hall–Kier alpha value is -4.32. The fraction of sp³-hybridized carbons (Fsp3) is 0.143. The van der Waals surface area contributed by atoms with Crippen LogP contribution in [0.5, 0.6) is 5.75 Å². The van der Waals surface area contributed by atoms with Crippen LogP contribution in [0.3, 0.4) is 0 Å². The summed E-state index contributed by atoms with van der Waals surface area (Å²) in [5, 5.41) is 1.86. The van der Waals surface area contributed by atoms with Gasteiger partial charge in [0, 0.05) is 34.1 Å². The molecule has 1 N–H and O–H groups in total. The second-order valence-corrected chi connectivity index (χ2v) is 8.44. The molecule has 6 rings (SSSR count). The van der Waals surface area contributed by atoms with Gasteiger partial charge in [-0.05, 0) is 36.2 Å². The number of nitrogens with one attached hydrogen (secondary N) is 1. The maximum Gasteiger partial charge on any atom is 0.349 e. The summed E-state index contributed by atoms with van der Waals surface area (Å²) in [7, 11) is 1.62. The number of carbonyl (C=O) groups excluding carboxylic acids is 1. The molecule has 1 aliphatic rings. The molecule has 6 nitrogen and oxygen atoms in total. The van der Waals surface area contributed by atoms with Crippen LogP contribution < -0.4 is 10.4 Å². The summed E-state index contributed by atoms with van der Waals surface area (Å²) in [5.74, 6) is 0.321. The van der Waals surface area contributed by atoms with Crippen LogP contribution in [0.4, 0.5) is 0 Å². The van der Waals surface area contributed by atoms with E-state index in [9.17, 15) is 9.59 Å². The van der Waals surface area contributed by atoms with Gasteiger partial charge in [-0.2, -0.15) is 0 Å². The molecule has 0 aliphatic carbocycles. The van der Waals surface area contributed by atoms with Gasteiger partial charge in [0.1, 0.15) is 22.9 Å². The summed E-state index contributed by atoms with van der Waals surface area (Å²) >= 11 is 0. The van der Waals surface area contributed by atoms with Crippen molar-refractivity contribution in [3.8, 4) is 5.75 Å². The third-order valence-electron chi connectivity index (χ3n) is 6.60. The smallest absolute Gasteiger partial charge is 0.349 e. The van der Waals surface area contributed by atoms with Crippen LogP contribution >= 0.6 is 0 Å². The first-order chi connectivity index (χ1) is 16.7. The molecule has 1 amide bonds. The lowest BCUT2D eigenvalue weighted by Crippen LogP contribution is -2.42. The molecule has 0 bridgehead atoms. The third-order valence-corrected chi connectivity index (χ3v) is 6.60. The molecule has 0 saturated carbocycles. The fourth-order valence-electron chi connectivity index (χ4n) is 5.04. The van der Waals surface area contributed by atoms with Crippen molar-refractivity contribution in [2.75, 3.05) is 13.7 Å². The van der Waals surface area contributed by atoms with Crippen LogP contribution in [-0.4, -0.2) is 29.4 Å². The van der Waals surface area contributed by atoms with Gasteiger partial charge in [0.25, 0.3) is 5.91 Å². The van der Waals surface area contributed by atoms with Crippen LogP contribution in [0, 0.1) is 0 Å². The molecule has 0 saturated heterocycles. The summed E-state index contributed by atoms with van der Waals surface area (Å²) in [5.41, 5.74) is 3.85. The molecule has 1 atom stereocenters. The number of hydrogen-bond donors (Lipinski definition) is 1. The second-order valence-electron chi connectivity index (χ2n) is 8.44. The first-order valence-corrected chi connectivity index (χ1v) is 11.2. The van der Waals surface area contributed by atoms with Crippen LogP contribution in [0.2, 0.25) is 0 Å². The Morgan fingerprint density at radius 1 is 1.03 bits per heavy atom. The van der Waals surface area contributed by atoms with Crippen molar-refractivity contribution in [2.24, 2.45) is 0 Å². The van der Waals surface area contributed by atoms with Crippen LogP contribution in [0.25, 0.3) is 21.9 Å². The Labute approximate surface area is 195 Å². The van der Waals surface area contributed by atoms with E-state index in [0.717, 1.165) is 22.2 Å². The number of hydrogen-bond acceptors (Lipinski definition) is 4. The van der Waals surface area contributed by atoms with Gasteiger partial charge in [-0.25, -0.2) is 4.79 Å². The first-order valence-electron chi connectivity index (χ1n) is 11.2. The number of methoxy groups -OCH3 is 1.